The van der Waals surface area contributed by atoms with Crippen LogP contribution in [0.25, 0.3) is 0 Å². The van der Waals surface area contributed by atoms with Crippen molar-refractivity contribution in [1.29, 1.82) is 0 Å². The van der Waals surface area contributed by atoms with Crippen LogP contribution in [0.15, 0.2) is 101 Å². The average Bonchev–Trinajstić information content (AvgIpc) is 2.76. The van der Waals surface area contributed by atoms with Gasteiger partial charge in [-0.2, -0.15) is 0 Å². The molecule has 0 aliphatic rings. The molecule has 2 atom stereocenters. The molecule has 0 aliphatic carbocycles. The third-order valence-electron chi connectivity index (χ3n) is 5.51. The molecule has 2 nitrogen and oxygen atoms in total. The van der Waals surface area contributed by atoms with Crippen molar-refractivity contribution in [1.82, 2.24) is 0 Å². The highest BCUT2D eigenvalue weighted by atomic mass is 32.2. The number of hydrogen-bond acceptors (Lipinski definition) is 2. The number of hydrogen-bond donors (Lipinski definition) is 0. The Balaban J connectivity index is 1.97. The molecule has 0 amide bonds. The highest BCUT2D eigenvalue weighted by Gasteiger charge is 2.50. The molecule has 0 aromatic heterocycles. The van der Waals surface area contributed by atoms with Gasteiger partial charge in [0.05, 0.1) is 16.9 Å². The molecule has 0 saturated heterocycles. The summed E-state index contributed by atoms with van der Waals surface area (Å²) in [5.41, 5.74) is 1.16. The first-order chi connectivity index (χ1) is 14.7. The topological polar surface area (TPSA) is 26.3 Å². The van der Waals surface area contributed by atoms with E-state index < -0.39 is 19.1 Å². The molecule has 0 saturated carbocycles. The van der Waals surface area contributed by atoms with E-state index in [-0.39, 0.29) is 11.1 Å². The number of benzene rings is 3. The summed E-state index contributed by atoms with van der Waals surface area (Å²) < 4.78 is 19.7. The van der Waals surface area contributed by atoms with Crippen LogP contribution in [0, 0.1) is 6.92 Å². The Labute approximate surface area is 190 Å². The molecule has 0 radical (unpaired) electrons. The monoisotopic (exact) mass is 448 g/mol. The summed E-state index contributed by atoms with van der Waals surface area (Å²) in [5, 5.41) is 4.16. The van der Waals surface area contributed by atoms with Crippen molar-refractivity contribution < 1.29 is 8.63 Å². The predicted octanol–water partition coefficient (Wildman–Crippen LogP) is 5.58. The minimum absolute atomic E-state index is 0.0894. The van der Waals surface area contributed by atoms with E-state index in [9.17, 15) is 4.21 Å². The molecule has 0 unspecified atom stereocenters. The van der Waals surface area contributed by atoms with Gasteiger partial charge in [0.25, 0.3) is 8.32 Å². The quantitative estimate of drug-likeness (QED) is 0.441. The van der Waals surface area contributed by atoms with E-state index in [1.807, 2.05) is 56.3 Å². The molecule has 31 heavy (non-hydrogen) atoms. The van der Waals surface area contributed by atoms with Gasteiger partial charge in [0, 0.05) is 10.3 Å². The molecule has 0 fully saturated rings. The van der Waals surface area contributed by atoms with Crippen LogP contribution in [-0.4, -0.2) is 18.6 Å². The third kappa shape index (κ3) is 5.32. The molecule has 0 N–H and O–H groups in total. The second-order valence-corrected chi connectivity index (χ2v) is 14.5. The first kappa shape index (κ1) is 23.4. The smallest absolute Gasteiger partial charge is 0.261 e. The van der Waals surface area contributed by atoms with Crippen molar-refractivity contribution in [3.63, 3.8) is 0 Å². The van der Waals surface area contributed by atoms with Gasteiger partial charge in [-0.05, 0) is 47.5 Å². The summed E-state index contributed by atoms with van der Waals surface area (Å²) in [6.45, 7) is 10.9. The van der Waals surface area contributed by atoms with E-state index >= 15 is 0 Å². The van der Waals surface area contributed by atoms with Gasteiger partial charge < -0.3 is 4.43 Å². The summed E-state index contributed by atoms with van der Waals surface area (Å²) in [6, 6.07) is 29.0. The molecular weight excluding hydrogens is 416 g/mol. The molecule has 0 heterocycles. The summed E-state index contributed by atoms with van der Waals surface area (Å²) in [7, 11) is -3.82. The van der Waals surface area contributed by atoms with E-state index in [0.717, 1.165) is 10.5 Å². The first-order valence-electron chi connectivity index (χ1n) is 10.7. The molecule has 4 heteroatoms. The van der Waals surface area contributed by atoms with Crippen molar-refractivity contribution in [2.24, 2.45) is 0 Å². The number of aryl methyl sites for hydroxylation is 1. The van der Waals surface area contributed by atoms with Crippen LogP contribution in [0.5, 0.6) is 0 Å². The van der Waals surface area contributed by atoms with Gasteiger partial charge in [-0.1, -0.05) is 99.1 Å². The lowest BCUT2D eigenvalue weighted by Gasteiger charge is -2.44. The van der Waals surface area contributed by atoms with Crippen molar-refractivity contribution in [3.05, 3.63) is 102 Å². The van der Waals surface area contributed by atoms with E-state index in [0.29, 0.717) is 0 Å². The molecular formula is C27H32O2SSi. The van der Waals surface area contributed by atoms with Crippen LogP contribution in [0.2, 0.25) is 5.04 Å². The van der Waals surface area contributed by atoms with Gasteiger partial charge in [-0.15, -0.1) is 0 Å². The highest BCUT2D eigenvalue weighted by molar-refractivity contribution is 7.88. The van der Waals surface area contributed by atoms with Gasteiger partial charge in [0.1, 0.15) is 0 Å². The Morgan fingerprint density at radius 3 is 1.77 bits per heavy atom. The fourth-order valence-electron chi connectivity index (χ4n) is 3.94. The summed E-state index contributed by atoms with van der Waals surface area (Å²) in [5.74, 6) is 0. The predicted molar refractivity (Wildman–Crippen MR) is 135 cm³/mol. The van der Waals surface area contributed by atoms with Crippen LogP contribution < -0.4 is 10.4 Å². The minimum atomic E-state index is -2.62. The van der Waals surface area contributed by atoms with Crippen molar-refractivity contribution in [2.75, 3.05) is 0 Å². The lowest BCUT2D eigenvalue weighted by Crippen LogP contribution is -2.67. The SMILES string of the molecule is Cc1ccc([S@@](=O)/C=C/[C@H](C)O[Si](c2ccccc2)(c2ccccc2)C(C)(C)C)cc1. The third-order valence-corrected chi connectivity index (χ3v) is 11.8. The normalized spacial score (nSPS) is 14.5. The second-order valence-electron chi connectivity index (χ2n) is 8.93. The van der Waals surface area contributed by atoms with Crippen LogP contribution in [-0.2, 0) is 15.2 Å². The van der Waals surface area contributed by atoms with E-state index in [1.165, 1.54) is 10.4 Å². The van der Waals surface area contributed by atoms with Gasteiger partial charge in [-0.3, -0.25) is 0 Å². The lowest BCUT2D eigenvalue weighted by atomic mass is 10.2. The van der Waals surface area contributed by atoms with Gasteiger partial charge >= 0.3 is 0 Å². The number of rotatable bonds is 7. The zero-order valence-corrected chi connectivity index (χ0v) is 20.9. The zero-order valence-electron chi connectivity index (χ0n) is 19.0. The average molecular weight is 449 g/mol. The Morgan fingerprint density at radius 2 is 1.32 bits per heavy atom. The Hall–Kier alpha value is -2.27. The molecule has 0 aliphatic heterocycles. The summed E-state index contributed by atoms with van der Waals surface area (Å²) in [4.78, 5) is 0.805. The zero-order chi connectivity index (χ0) is 22.5. The molecule has 0 bridgehead atoms. The maximum atomic E-state index is 12.7. The first-order valence-corrected chi connectivity index (χ1v) is 13.8. The van der Waals surface area contributed by atoms with Gasteiger partial charge in [0.2, 0.25) is 0 Å². The van der Waals surface area contributed by atoms with Gasteiger partial charge in [0.15, 0.2) is 0 Å². The van der Waals surface area contributed by atoms with Crippen molar-refractivity contribution >= 4 is 29.5 Å². The van der Waals surface area contributed by atoms with E-state index in [4.69, 9.17) is 4.43 Å². The second kappa shape index (κ2) is 9.90. The van der Waals surface area contributed by atoms with Crippen LogP contribution in [0.4, 0.5) is 0 Å². The minimum Gasteiger partial charge on any atom is -0.401 e. The van der Waals surface area contributed by atoms with E-state index in [2.05, 4.69) is 69.3 Å². The Kier molecular flexibility index (Phi) is 7.47. The molecule has 3 rings (SSSR count). The Morgan fingerprint density at radius 1 is 0.839 bits per heavy atom. The van der Waals surface area contributed by atoms with Crippen molar-refractivity contribution in [2.45, 2.75) is 50.7 Å². The fourth-order valence-corrected chi connectivity index (χ4v) is 9.52. The Bertz CT molecular complexity index is 983. The highest BCUT2D eigenvalue weighted by Crippen LogP contribution is 2.37. The summed E-state index contributed by atoms with van der Waals surface area (Å²) in [6.07, 6.45) is 1.76. The molecule has 162 valence electrons. The van der Waals surface area contributed by atoms with Crippen LogP contribution in [0.1, 0.15) is 33.3 Å². The maximum Gasteiger partial charge on any atom is 0.261 e. The molecule has 3 aromatic carbocycles. The molecule has 0 spiro atoms. The summed E-state index contributed by atoms with van der Waals surface area (Å²) >= 11 is 0. The lowest BCUT2D eigenvalue weighted by molar-refractivity contribution is 0.252. The van der Waals surface area contributed by atoms with Crippen LogP contribution >= 0.6 is 0 Å². The maximum absolute atomic E-state index is 12.7. The van der Waals surface area contributed by atoms with Crippen LogP contribution in [0.3, 0.4) is 0 Å². The standard InChI is InChI=1S/C27H32O2SSi/c1-22-16-18-24(19-17-22)30(28)21-20-23(2)29-31(27(3,4)5,25-12-8-6-9-13-25)26-14-10-7-11-15-26/h6-21,23H,1-5H3/b21-20+/t23-,30-/m0/s1. The van der Waals surface area contributed by atoms with Crippen molar-refractivity contribution in [3.8, 4) is 0 Å². The molecule has 3 aromatic rings. The largest absolute Gasteiger partial charge is 0.401 e. The van der Waals surface area contributed by atoms with Gasteiger partial charge in [-0.25, -0.2) is 4.21 Å². The fraction of sp³-hybridized carbons (Fsp3) is 0.259. The van der Waals surface area contributed by atoms with E-state index in [1.54, 1.807) is 5.41 Å².